The van der Waals surface area contributed by atoms with Gasteiger partial charge in [-0.3, -0.25) is 4.98 Å². The maximum Gasteiger partial charge on any atom is 0.125 e. The first kappa shape index (κ1) is 11.7. The summed E-state index contributed by atoms with van der Waals surface area (Å²) >= 11 is 6.08. The van der Waals surface area contributed by atoms with Crippen molar-refractivity contribution >= 4 is 22.6 Å². The van der Waals surface area contributed by atoms with Crippen LogP contribution in [0.4, 0.5) is 0 Å². The molecule has 0 aromatic carbocycles. The van der Waals surface area contributed by atoms with Crippen LogP contribution in [0.2, 0.25) is 0 Å². The SMILES string of the molecule is ClCc1nc2cnccc2n1C1CCOC1C1CC1. The van der Waals surface area contributed by atoms with E-state index >= 15 is 0 Å². The van der Waals surface area contributed by atoms with Crippen molar-refractivity contribution in [3.63, 3.8) is 0 Å². The van der Waals surface area contributed by atoms with Crippen LogP contribution in [0.1, 0.15) is 31.1 Å². The van der Waals surface area contributed by atoms with E-state index in [4.69, 9.17) is 16.3 Å². The van der Waals surface area contributed by atoms with E-state index in [1.54, 1.807) is 0 Å². The number of pyridine rings is 1. The zero-order valence-electron chi connectivity index (χ0n) is 10.6. The maximum atomic E-state index is 6.08. The lowest BCUT2D eigenvalue weighted by Gasteiger charge is -2.22. The molecule has 0 spiro atoms. The molecule has 0 radical (unpaired) electrons. The Hall–Kier alpha value is -1.13. The van der Waals surface area contributed by atoms with Crippen LogP contribution < -0.4 is 0 Å². The van der Waals surface area contributed by atoms with Gasteiger partial charge in [0.2, 0.25) is 0 Å². The van der Waals surface area contributed by atoms with Crippen molar-refractivity contribution in [2.24, 2.45) is 5.92 Å². The summed E-state index contributed by atoms with van der Waals surface area (Å²) in [7, 11) is 0. The van der Waals surface area contributed by atoms with Gasteiger partial charge >= 0.3 is 0 Å². The second kappa shape index (κ2) is 4.46. The van der Waals surface area contributed by atoms with Gasteiger partial charge in [0.05, 0.1) is 29.7 Å². The summed E-state index contributed by atoms with van der Waals surface area (Å²) < 4.78 is 8.25. The quantitative estimate of drug-likeness (QED) is 0.810. The molecule has 1 aliphatic heterocycles. The van der Waals surface area contributed by atoms with Crippen molar-refractivity contribution in [2.45, 2.75) is 37.3 Å². The second-order valence-corrected chi connectivity index (χ2v) is 5.69. The standard InChI is InChI=1S/C14H16ClN3O/c15-7-13-17-10-8-16-5-3-11(10)18(13)12-4-6-19-14(12)9-1-2-9/h3,5,8-9,12,14H,1-2,4,6-7H2. The van der Waals surface area contributed by atoms with Crippen LogP contribution in [0.25, 0.3) is 11.0 Å². The van der Waals surface area contributed by atoms with Crippen molar-refractivity contribution in [1.29, 1.82) is 0 Å². The minimum atomic E-state index is 0.340. The Morgan fingerprint density at radius 3 is 3.05 bits per heavy atom. The van der Waals surface area contributed by atoms with Gasteiger partial charge in [0.15, 0.2) is 0 Å². The normalized spacial score (nSPS) is 27.2. The molecule has 2 unspecified atom stereocenters. The molecule has 1 saturated carbocycles. The van der Waals surface area contributed by atoms with Gasteiger partial charge in [0.1, 0.15) is 11.3 Å². The number of hydrogen-bond acceptors (Lipinski definition) is 3. The summed E-state index contributed by atoms with van der Waals surface area (Å²) in [5.74, 6) is 2.10. The van der Waals surface area contributed by atoms with E-state index in [9.17, 15) is 0 Å². The number of alkyl halides is 1. The van der Waals surface area contributed by atoms with Gasteiger partial charge in [-0.1, -0.05) is 0 Å². The average Bonchev–Trinajstić information content (AvgIpc) is 3.05. The van der Waals surface area contributed by atoms with E-state index in [0.717, 1.165) is 35.8 Å². The van der Waals surface area contributed by atoms with Crippen molar-refractivity contribution in [1.82, 2.24) is 14.5 Å². The Balaban J connectivity index is 1.84. The largest absolute Gasteiger partial charge is 0.376 e. The van der Waals surface area contributed by atoms with E-state index in [2.05, 4.69) is 14.5 Å². The summed E-state index contributed by atoms with van der Waals surface area (Å²) in [4.78, 5) is 8.75. The minimum absolute atomic E-state index is 0.340. The van der Waals surface area contributed by atoms with Crippen LogP contribution in [0.5, 0.6) is 0 Å². The zero-order valence-corrected chi connectivity index (χ0v) is 11.4. The van der Waals surface area contributed by atoms with Crippen molar-refractivity contribution in [3.05, 3.63) is 24.3 Å². The first-order valence-corrected chi connectivity index (χ1v) is 7.40. The molecule has 2 aromatic heterocycles. The van der Waals surface area contributed by atoms with Gasteiger partial charge in [0, 0.05) is 12.8 Å². The Kier molecular flexibility index (Phi) is 2.74. The Bertz CT molecular complexity index is 608. The van der Waals surface area contributed by atoms with Crippen LogP contribution in [0.3, 0.4) is 0 Å². The number of halogens is 1. The minimum Gasteiger partial charge on any atom is -0.376 e. The molecule has 2 aliphatic rings. The maximum absolute atomic E-state index is 6.08. The van der Waals surface area contributed by atoms with Gasteiger partial charge in [-0.15, -0.1) is 11.6 Å². The zero-order chi connectivity index (χ0) is 12.8. The molecular formula is C14H16ClN3O. The van der Waals surface area contributed by atoms with Crippen LogP contribution in [0.15, 0.2) is 18.5 Å². The molecule has 1 aliphatic carbocycles. The van der Waals surface area contributed by atoms with E-state index in [0.29, 0.717) is 18.0 Å². The Labute approximate surface area is 116 Å². The molecule has 100 valence electrons. The molecule has 2 fully saturated rings. The molecule has 5 heteroatoms. The third-order valence-corrected chi connectivity index (χ3v) is 4.44. The predicted octanol–water partition coefficient (Wildman–Crippen LogP) is 2.91. The summed E-state index contributed by atoms with van der Waals surface area (Å²) in [6.07, 6.45) is 7.62. The van der Waals surface area contributed by atoms with E-state index in [-0.39, 0.29) is 0 Å². The van der Waals surface area contributed by atoms with Gasteiger partial charge < -0.3 is 9.30 Å². The monoisotopic (exact) mass is 277 g/mol. The molecule has 0 amide bonds. The molecule has 19 heavy (non-hydrogen) atoms. The lowest BCUT2D eigenvalue weighted by atomic mass is 10.1. The van der Waals surface area contributed by atoms with Crippen molar-refractivity contribution in [2.75, 3.05) is 6.61 Å². The number of aromatic nitrogens is 3. The van der Waals surface area contributed by atoms with E-state index < -0.39 is 0 Å². The average molecular weight is 278 g/mol. The fourth-order valence-corrected chi connectivity index (χ4v) is 3.40. The predicted molar refractivity (Wildman–Crippen MR) is 73.2 cm³/mol. The number of imidazole rings is 1. The first-order chi connectivity index (χ1) is 9.38. The first-order valence-electron chi connectivity index (χ1n) is 6.87. The summed E-state index contributed by atoms with van der Waals surface area (Å²) in [5, 5.41) is 0. The van der Waals surface area contributed by atoms with E-state index in [1.807, 2.05) is 18.5 Å². The fourth-order valence-electron chi connectivity index (χ4n) is 3.22. The van der Waals surface area contributed by atoms with Crippen LogP contribution in [-0.2, 0) is 10.6 Å². The summed E-state index contributed by atoms with van der Waals surface area (Å²) in [6, 6.07) is 2.41. The number of fused-ring (bicyclic) bond motifs is 1. The van der Waals surface area contributed by atoms with Crippen molar-refractivity contribution in [3.8, 4) is 0 Å². The van der Waals surface area contributed by atoms with Crippen LogP contribution in [0, 0.1) is 5.92 Å². The Morgan fingerprint density at radius 1 is 1.37 bits per heavy atom. The molecule has 2 atom stereocenters. The highest BCUT2D eigenvalue weighted by atomic mass is 35.5. The molecule has 4 rings (SSSR count). The summed E-state index contributed by atoms with van der Waals surface area (Å²) in [6.45, 7) is 0.846. The van der Waals surface area contributed by atoms with Gasteiger partial charge in [-0.2, -0.15) is 0 Å². The molecule has 0 N–H and O–H groups in total. The molecule has 0 bridgehead atoms. The summed E-state index contributed by atoms with van der Waals surface area (Å²) in [5.41, 5.74) is 2.06. The van der Waals surface area contributed by atoms with Gasteiger partial charge in [0.25, 0.3) is 0 Å². The third kappa shape index (κ3) is 1.85. The van der Waals surface area contributed by atoms with E-state index in [1.165, 1.54) is 12.8 Å². The third-order valence-electron chi connectivity index (χ3n) is 4.21. The number of nitrogens with zero attached hydrogens (tertiary/aromatic N) is 3. The highest BCUT2D eigenvalue weighted by Gasteiger charge is 2.42. The van der Waals surface area contributed by atoms with Crippen LogP contribution in [-0.4, -0.2) is 27.2 Å². The lowest BCUT2D eigenvalue weighted by Crippen LogP contribution is -2.23. The molecular weight excluding hydrogens is 262 g/mol. The van der Waals surface area contributed by atoms with Gasteiger partial charge in [-0.25, -0.2) is 4.98 Å². The van der Waals surface area contributed by atoms with Crippen LogP contribution >= 0.6 is 11.6 Å². The lowest BCUT2D eigenvalue weighted by molar-refractivity contribution is 0.0754. The number of ether oxygens (including phenoxy) is 1. The molecule has 2 aromatic rings. The fraction of sp³-hybridized carbons (Fsp3) is 0.571. The second-order valence-electron chi connectivity index (χ2n) is 5.42. The molecule has 1 saturated heterocycles. The highest BCUT2D eigenvalue weighted by Crippen LogP contribution is 2.44. The Morgan fingerprint density at radius 2 is 2.26 bits per heavy atom. The van der Waals surface area contributed by atoms with Gasteiger partial charge in [-0.05, 0) is 31.2 Å². The molecule has 4 nitrogen and oxygen atoms in total. The highest BCUT2D eigenvalue weighted by molar-refractivity contribution is 6.16. The number of rotatable bonds is 3. The number of hydrogen-bond donors (Lipinski definition) is 0. The van der Waals surface area contributed by atoms with Crippen molar-refractivity contribution < 1.29 is 4.74 Å². The molecule has 3 heterocycles. The topological polar surface area (TPSA) is 39.9 Å². The smallest absolute Gasteiger partial charge is 0.125 e.